The summed E-state index contributed by atoms with van der Waals surface area (Å²) < 4.78 is 5.46. The highest BCUT2D eigenvalue weighted by Crippen LogP contribution is 2.43. The third kappa shape index (κ3) is 1.71. The van der Waals surface area contributed by atoms with E-state index in [1.165, 1.54) is 38.5 Å². The van der Waals surface area contributed by atoms with Crippen LogP contribution in [0.3, 0.4) is 0 Å². The lowest BCUT2D eigenvalue weighted by Gasteiger charge is -2.45. The van der Waals surface area contributed by atoms with Crippen LogP contribution in [-0.4, -0.2) is 30.8 Å². The number of piperidine rings is 1. The van der Waals surface area contributed by atoms with Crippen LogP contribution in [0.5, 0.6) is 0 Å². The van der Waals surface area contributed by atoms with Gasteiger partial charge in [0.05, 0.1) is 0 Å². The minimum Gasteiger partial charge on any atom is -0.381 e. The van der Waals surface area contributed by atoms with E-state index >= 15 is 0 Å². The van der Waals surface area contributed by atoms with Crippen LogP contribution in [0.1, 0.15) is 38.5 Å². The predicted molar refractivity (Wildman–Crippen MR) is 59.6 cm³/mol. The van der Waals surface area contributed by atoms with Gasteiger partial charge in [-0.25, -0.2) is 0 Å². The molecule has 0 aromatic carbocycles. The summed E-state index contributed by atoms with van der Waals surface area (Å²) in [6.07, 6.45) is 7.51. The maximum Gasteiger partial charge on any atom is 0.0469 e. The monoisotopic (exact) mass is 210 g/mol. The molecule has 0 radical (unpaired) electrons. The maximum atomic E-state index is 6.18. The Bertz CT molecular complexity index is 240. The fourth-order valence-corrected chi connectivity index (χ4v) is 3.98. The highest BCUT2D eigenvalue weighted by atomic mass is 16.5. The molecule has 3 nitrogen and oxygen atoms in total. The van der Waals surface area contributed by atoms with Crippen molar-refractivity contribution in [1.82, 2.24) is 5.32 Å². The van der Waals surface area contributed by atoms with Gasteiger partial charge in [0.25, 0.3) is 0 Å². The van der Waals surface area contributed by atoms with E-state index in [2.05, 4.69) is 5.32 Å². The molecule has 0 spiro atoms. The molecule has 0 amide bonds. The zero-order valence-corrected chi connectivity index (χ0v) is 9.37. The first-order valence-electron chi connectivity index (χ1n) is 6.39. The van der Waals surface area contributed by atoms with E-state index in [9.17, 15) is 0 Å². The van der Waals surface area contributed by atoms with Crippen molar-refractivity contribution >= 4 is 0 Å². The first kappa shape index (κ1) is 10.1. The Morgan fingerprint density at radius 1 is 1.20 bits per heavy atom. The first-order chi connectivity index (χ1) is 7.28. The molecule has 3 aliphatic rings. The molecule has 0 aliphatic carbocycles. The molecule has 86 valence electrons. The number of nitrogens with one attached hydrogen (secondary N) is 1. The second-order valence-electron chi connectivity index (χ2n) is 5.62. The number of hydrogen-bond donors (Lipinski definition) is 2. The van der Waals surface area contributed by atoms with Crippen LogP contribution in [0.25, 0.3) is 0 Å². The summed E-state index contributed by atoms with van der Waals surface area (Å²) in [5.41, 5.74) is 6.56. The Morgan fingerprint density at radius 2 is 2.00 bits per heavy atom. The third-order valence-electron chi connectivity index (χ3n) is 4.65. The molecule has 3 N–H and O–H groups in total. The van der Waals surface area contributed by atoms with Crippen molar-refractivity contribution < 1.29 is 4.74 Å². The topological polar surface area (TPSA) is 47.3 Å². The lowest BCUT2D eigenvalue weighted by molar-refractivity contribution is 0.0222. The van der Waals surface area contributed by atoms with Gasteiger partial charge in [-0.3, -0.25) is 0 Å². The van der Waals surface area contributed by atoms with Gasteiger partial charge < -0.3 is 15.8 Å². The van der Waals surface area contributed by atoms with Crippen LogP contribution >= 0.6 is 0 Å². The Morgan fingerprint density at radius 3 is 2.80 bits per heavy atom. The van der Waals surface area contributed by atoms with Gasteiger partial charge in [0.2, 0.25) is 0 Å². The predicted octanol–water partition coefficient (Wildman–Crippen LogP) is 1.02. The summed E-state index contributed by atoms with van der Waals surface area (Å²) >= 11 is 0. The highest BCUT2D eigenvalue weighted by molar-refractivity contribution is 5.08. The molecule has 3 heteroatoms. The molecule has 3 rings (SSSR count). The Balaban J connectivity index is 1.76. The standard InChI is InChI=1S/C12H22N2O/c13-10-7-11-1-4-12(8-10,14-11)9-2-5-15-6-3-9/h9-11,14H,1-8,13H2. The van der Waals surface area contributed by atoms with E-state index < -0.39 is 0 Å². The van der Waals surface area contributed by atoms with Gasteiger partial charge in [0.15, 0.2) is 0 Å². The summed E-state index contributed by atoms with van der Waals surface area (Å²) in [6, 6.07) is 1.14. The molecule has 2 bridgehead atoms. The fourth-order valence-electron chi connectivity index (χ4n) is 3.98. The number of nitrogens with two attached hydrogens (primary N) is 1. The molecule has 0 aromatic rings. The molecule has 3 heterocycles. The summed E-state index contributed by atoms with van der Waals surface area (Å²) in [4.78, 5) is 0. The number of rotatable bonds is 1. The van der Waals surface area contributed by atoms with Crippen molar-refractivity contribution in [2.45, 2.75) is 56.1 Å². The van der Waals surface area contributed by atoms with Gasteiger partial charge in [-0.15, -0.1) is 0 Å². The molecule has 3 aliphatic heterocycles. The first-order valence-corrected chi connectivity index (χ1v) is 6.39. The molecule has 3 saturated heterocycles. The van der Waals surface area contributed by atoms with Crippen LogP contribution in [0.15, 0.2) is 0 Å². The van der Waals surface area contributed by atoms with Crippen molar-refractivity contribution in [2.24, 2.45) is 11.7 Å². The van der Waals surface area contributed by atoms with Gasteiger partial charge in [-0.2, -0.15) is 0 Å². The van der Waals surface area contributed by atoms with Crippen molar-refractivity contribution in [2.75, 3.05) is 13.2 Å². The van der Waals surface area contributed by atoms with Crippen LogP contribution in [-0.2, 0) is 4.74 Å². The van der Waals surface area contributed by atoms with E-state index in [1.807, 2.05) is 0 Å². The smallest absolute Gasteiger partial charge is 0.0469 e. The molecule has 3 fully saturated rings. The van der Waals surface area contributed by atoms with E-state index in [0.717, 1.165) is 19.1 Å². The second-order valence-corrected chi connectivity index (χ2v) is 5.62. The minimum atomic E-state index is 0.381. The molecule has 3 atom stereocenters. The van der Waals surface area contributed by atoms with Gasteiger partial charge in [0.1, 0.15) is 0 Å². The van der Waals surface area contributed by atoms with E-state index in [1.54, 1.807) is 0 Å². The van der Waals surface area contributed by atoms with Crippen molar-refractivity contribution in [3.8, 4) is 0 Å². The molecular weight excluding hydrogens is 188 g/mol. The van der Waals surface area contributed by atoms with Crippen LogP contribution in [0.2, 0.25) is 0 Å². The number of hydrogen-bond acceptors (Lipinski definition) is 3. The second kappa shape index (κ2) is 3.72. The highest BCUT2D eigenvalue weighted by Gasteiger charge is 2.48. The van der Waals surface area contributed by atoms with Gasteiger partial charge in [-0.05, 0) is 44.4 Å². The molecule has 0 aromatic heterocycles. The zero-order valence-electron chi connectivity index (χ0n) is 9.37. The Kier molecular flexibility index (Phi) is 2.49. The van der Waals surface area contributed by atoms with Gasteiger partial charge in [0, 0.05) is 30.8 Å². The molecule has 3 unspecified atom stereocenters. The molecular formula is C12H22N2O. The van der Waals surface area contributed by atoms with Crippen LogP contribution in [0, 0.1) is 5.92 Å². The fraction of sp³-hybridized carbons (Fsp3) is 1.00. The van der Waals surface area contributed by atoms with E-state index in [0.29, 0.717) is 17.6 Å². The van der Waals surface area contributed by atoms with Crippen molar-refractivity contribution in [1.29, 1.82) is 0 Å². The maximum absolute atomic E-state index is 6.18. The van der Waals surface area contributed by atoms with Crippen molar-refractivity contribution in [3.05, 3.63) is 0 Å². The van der Waals surface area contributed by atoms with E-state index in [-0.39, 0.29) is 0 Å². The normalized spacial score (nSPS) is 47.0. The lowest BCUT2D eigenvalue weighted by Crippen LogP contribution is -2.58. The summed E-state index contributed by atoms with van der Waals surface area (Å²) in [6.45, 7) is 1.90. The average molecular weight is 210 g/mol. The summed E-state index contributed by atoms with van der Waals surface area (Å²) in [7, 11) is 0. The van der Waals surface area contributed by atoms with E-state index in [4.69, 9.17) is 10.5 Å². The Hall–Kier alpha value is -0.120. The SMILES string of the molecule is NC1CC2CCC(C3CCOCC3)(C1)N2. The van der Waals surface area contributed by atoms with Crippen LogP contribution < -0.4 is 11.1 Å². The summed E-state index contributed by atoms with van der Waals surface area (Å²) in [5, 5.41) is 3.87. The molecule has 15 heavy (non-hydrogen) atoms. The van der Waals surface area contributed by atoms with Crippen LogP contribution in [0.4, 0.5) is 0 Å². The quantitative estimate of drug-likeness (QED) is 0.679. The van der Waals surface area contributed by atoms with Crippen molar-refractivity contribution in [3.63, 3.8) is 0 Å². The summed E-state index contributed by atoms with van der Waals surface area (Å²) in [5.74, 6) is 0.808. The molecule has 0 saturated carbocycles. The van der Waals surface area contributed by atoms with Gasteiger partial charge in [-0.1, -0.05) is 0 Å². The average Bonchev–Trinajstić information content (AvgIpc) is 2.57. The van der Waals surface area contributed by atoms with Gasteiger partial charge >= 0.3 is 0 Å². The minimum absolute atomic E-state index is 0.381. The number of fused-ring (bicyclic) bond motifs is 2. The zero-order chi connectivity index (χ0) is 10.3. The lowest BCUT2D eigenvalue weighted by atomic mass is 9.73. The third-order valence-corrected chi connectivity index (χ3v) is 4.65. The largest absolute Gasteiger partial charge is 0.381 e. The Labute approximate surface area is 91.7 Å². The number of ether oxygens (including phenoxy) is 1.